The fourth-order valence-corrected chi connectivity index (χ4v) is 2.95. The number of amidine groups is 1. The van der Waals surface area contributed by atoms with E-state index in [0.29, 0.717) is 6.54 Å². The molecule has 0 spiro atoms. The molecule has 0 saturated carbocycles. The molecule has 1 aliphatic heterocycles. The summed E-state index contributed by atoms with van der Waals surface area (Å²) >= 11 is 1.66. The molecule has 0 unspecified atom stereocenters. The van der Waals surface area contributed by atoms with Crippen LogP contribution in [-0.4, -0.2) is 43.4 Å². The molecule has 1 aliphatic rings. The Balaban J connectivity index is 2.46. The van der Waals surface area contributed by atoms with Gasteiger partial charge in [0.05, 0.1) is 12.3 Å². The van der Waals surface area contributed by atoms with Crippen molar-refractivity contribution in [3.05, 3.63) is 0 Å². The highest BCUT2D eigenvalue weighted by Crippen LogP contribution is 2.21. The third kappa shape index (κ3) is 5.41. The number of sulfone groups is 1. The Morgan fingerprint density at radius 1 is 1.53 bits per heavy atom. The second-order valence-corrected chi connectivity index (χ2v) is 7.77. The van der Waals surface area contributed by atoms with E-state index in [4.69, 9.17) is 0 Å². The molecular weight excluding hydrogens is 232 g/mol. The maximum Gasteiger partial charge on any atom is 0.156 e. The average Bonchev–Trinajstić information content (AvgIpc) is 1.99. The van der Waals surface area contributed by atoms with Crippen molar-refractivity contribution >= 4 is 26.8 Å². The molecule has 0 atom stereocenters. The first kappa shape index (κ1) is 12.8. The lowest BCUT2D eigenvalue weighted by Crippen LogP contribution is -2.46. The van der Waals surface area contributed by atoms with Crippen LogP contribution in [0.3, 0.4) is 0 Å². The number of thioether (sulfide) groups is 1. The Bertz CT molecular complexity index is 347. The minimum Gasteiger partial charge on any atom is -0.360 e. The number of nitrogens with one attached hydrogen (secondary N) is 1. The van der Waals surface area contributed by atoms with Gasteiger partial charge < -0.3 is 5.32 Å². The first-order valence-corrected chi connectivity index (χ1v) is 7.96. The van der Waals surface area contributed by atoms with Crippen LogP contribution in [0.25, 0.3) is 0 Å². The van der Waals surface area contributed by atoms with Crippen molar-refractivity contribution in [3.63, 3.8) is 0 Å². The van der Waals surface area contributed by atoms with E-state index in [-0.39, 0.29) is 11.3 Å². The molecule has 0 aliphatic carbocycles. The van der Waals surface area contributed by atoms with Gasteiger partial charge in [0, 0.05) is 17.5 Å². The molecule has 0 bridgehead atoms. The van der Waals surface area contributed by atoms with Crippen LogP contribution < -0.4 is 5.32 Å². The topological polar surface area (TPSA) is 58.5 Å². The molecule has 0 aromatic heterocycles. The van der Waals surface area contributed by atoms with Gasteiger partial charge in [-0.2, -0.15) is 0 Å². The van der Waals surface area contributed by atoms with Gasteiger partial charge in [0.15, 0.2) is 5.17 Å². The molecule has 1 N–H and O–H groups in total. The van der Waals surface area contributed by atoms with Crippen LogP contribution in [0.4, 0.5) is 0 Å². The normalized spacial score (nSPS) is 23.8. The summed E-state index contributed by atoms with van der Waals surface area (Å²) < 4.78 is 21.8. The maximum atomic E-state index is 10.9. The van der Waals surface area contributed by atoms with Crippen LogP contribution in [-0.2, 0) is 9.84 Å². The van der Waals surface area contributed by atoms with E-state index in [1.807, 2.05) is 0 Å². The maximum absolute atomic E-state index is 10.9. The van der Waals surface area contributed by atoms with E-state index in [1.165, 1.54) is 6.26 Å². The van der Waals surface area contributed by atoms with Crippen molar-refractivity contribution in [2.24, 2.45) is 4.99 Å². The fourth-order valence-electron chi connectivity index (χ4n) is 1.19. The summed E-state index contributed by atoms with van der Waals surface area (Å²) in [5, 5.41) is 4.17. The van der Waals surface area contributed by atoms with Crippen LogP contribution in [0.5, 0.6) is 0 Å². The van der Waals surface area contributed by atoms with Gasteiger partial charge in [0.2, 0.25) is 0 Å². The fraction of sp³-hybridized carbons (Fsp3) is 0.889. The highest BCUT2D eigenvalue weighted by molar-refractivity contribution is 8.13. The van der Waals surface area contributed by atoms with E-state index in [2.05, 4.69) is 24.2 Å². The smallest absolute Gasteiger partial charge is 0.156 e. The predicted molar refractivity (Wildman–Crippen MR) is 66.3 cm³/mol. The lowest BCUT2D eigenvalue weighted by Gasteiger charge is -2.32. The molecule has 6 heteroatoms. The molecule has 1 heterocycles. The molecule has 1 saturated heterocycles. The van der Waals surface area contributed by atoms with Gasteiger partial charge in [0.25, 0.3) is 0 Å². The summed E-state index contributed by atoms with van der Waals surface area (Å²) in [6, 6.07) is 0. The summed E-state index contributed by atoms with van der Waals surface area (Å²) in [6.07, 6.45) is 2.33. The predicted octanol–water partition coefficient (Wildman–Crippen LogP) is 0.892. The van der Waals surface area contributed by atoms with Crippen molar-refractivity contribution in [1.82, 2.24) is 5.32 Å². The van der Waals surface area contributed by atoms with Crippen molar-refractivity contribution in [2.45, 2.75) is 25.8 Å². The van der Waals surface area contributed by atoms with Crippen LogP contribution in [0.15, 0.2) is 4.99 Å². The SMILES string of the molecule is CC1(C)CCSC(=NCCS(C)(=O)=O)N1. The second-order valence-electron chi connectivity index (χ2n) is 4.42. The quantitative estimate of drug-likeness (QED) is 0.808. The number of hydrogen-bond donors (Lipinski definition) is 1. The van der Waals surface area contributed by atoms with Gasteiger partial charge >= 0.3 is 0 Å². The number of nitrogens with zero attached hydrogens (tertiary/aromatic N) is 1. The molecule has 0 amide bonds. The number of aliphatic imine (C=N–C) groups is 1. The molecule has 1 rings (SSSR count). The van der Waals surface area contributed by atoms with Gasteiger partial charge in [-0.1, -0.05) is 11.8 Å². The molecule has 4 nitrogen and oxygen atoms in total. The third-order valence-corrected chi connectivity index (χ3v) is 3.97. The average molecular weight is 250 g/mol. The highest BCUT2D eigenvalue weighted by Gasteiger charge is 2.23. The van der Waals surface area contributed by atoms with Gasteiger partial charge in [-0.25, -0.2) is 8.42 Å². The lowest BCUT2D eigenvalue weighted by molar-refractivity contribution is 0.446. The number of hydrogen-bond acceptors (Lipinski definition) is 4. The minimum absolute atomic E-state index is 0.0785. The zero-order valence-electron chi connectivity index (χ0n) is 9.41. The molecule has 0 aromatic carbocycles. The monoisotopic (exact) mass is 250 g/mol. The van der Waals surface area contributed by atoms with E-state index in [0.717, 1.165) is 17.3 Å². The molecule has 0 aromatic rings. The largest absolute Gasteiger partial charge is 0.360 e. The van der Waals surface area contributed by atoms with Crippen LogP contribution >= 0.6 is 11.8 Å². The standard InChI is InChI=1S/C9H18N2O2S2/c1-9(2)4-6-14-8(11-9)10-5-7-15(3,12)13/h4-7H2,1-3H3,(H,10,11). The Kier molecular flexibility index (Phi) is 4.06. The van der Waals surface area contributed by atoms with E-state index < -0.39 is 9.84 Å². The van der Waals surface area contributed by atoms with Crippen molar-refractivity contribution < 1.29 is 8.42 Å². The van der Waals surface area contributed by atoms with Gasteiger partial charge in [-0.05, 0) is 20.3 Å². The van der Waals surface area contributed by atoms with Gasteiger partial charge in [-0.3, -0.25) is 4.99 Å². The van der Waals surface area contributed by atoms with Crippen LogP contribution in [0, 0.1) is 0 Å². The van der Waals surface area contributed by atoms with Gasteiger partial charge in [0.1, 0.15) is 9.84 Å². The molecule has 0 radical (unpaired) electrons. The minimum atomic E-state index is -2.90. The van der Waals surface area contributed by atoms with E-state index >= 15 is 0 Å². The first-order valence-electron chi connectivity index (χ1n) is 4.92. The van der Waals surface area contributed by atoms with E-state index in [1.54, 1.807) is 11.8 Å². The summed E-state index contributed by atoms with van der Waals surface area (Å²) in [5.41, 5.74) is 0.0785. The van der Waals surface area contributed by atoms with Crippen molar-refractivity contribution in [1.29, 1.82) is 0 Å². The Morgan fingerprint density at radius 2 is 2.20 bits per heavy atom. The summed E-state index contributed by atoms with van der Waals surface area (Å²) in [4.78, 5) is 4.25. The summed E-state index contributed by atoms with van der Waals surface area (Å²) in [7, 11) is -2.90. The summed E-state index contributed by atoms with van der Waals surface area (Å²) in [5.74, 6) is 1.16. The van der Waals surface area contributed by atoms with Gasteiger partial charge in [-0.15, -0.1) is 0 Å². The zero-order valence-corrected chi connectivity index (χ0v) is 11.0. The summed E-state index contributed by atoms with van der Waals surface area (Å²) in [6.45, 7) is 4.60. The lowest BCUT2D eigenvalue weighted by atomic mass is 10.0. The molecule has 1 fully saturated rings. The first-order chi connectivity index (χ1) is 6.79. The molecule has 15 heavy (non-hydrogen) atoms. The van der Waals surface area contributed by atoms with Crippen molar-refractivity contribution in [3.8, 4) is 0 Å². The molecule has 88 valence electrons. The Morgan fingerprint density at radius 3 is 2.73 bits per heavy atom. The van der Waals surface area contributed by atoms with Crippen LogP contribution in [0.2, 0.25) is 0 Å². The third-order valence-electron chi connectivity index (χ3n) is 2.13. The second kappa shape index (κ2) is 4.74. The number of rotatable bonds is 3. The Labute approximate surface area is 95.8 Å². The Hall–Kier alpha value is -0.230. The van der Waals surface area contributed by atoms with E-state index in [9.17, 15) is 8.42 Å². The molecular formula is C9H18N2O2S2. The van der Waals surface area contributed by atoms with Crippen LogP contribution in [0.1, 0.15) is 20.3 Å². The highest BCUT2D eigenvalue weighted by atomic mass is 32.2. The van der Waals surface area contributed by atoms with Crippen molar-refractivity contribution in [2.75, 3.05) is 24.3 Å². The zero-order chi connectivity index (χ0) is 11.5.